The minimum atomic E-state index is 1.02. The molecular formula is C48H34N2. The molecule has 0 spiro atoms. The number of nitrogens with zero attached hydrogens (tertiary/aromatic N) is 2. The summed E-state index contributed by atoms with van der Waals surface area (Å²) in [5, 5.41) is 5.10. The molecule has 0 N–H and O–H groups in total. The maximum Gasteiger partial charge on any atom is 0.0547 e. The van der Waals surface area contributed by atoms with Crippen LogP contribution in [0.5, 0.6) is 0 Å². The molecule has 2 nitrogen and oxygen atoms in total. The molecular weight excluding hydrogens is 605 g/mol. The van der Waals surface area contributed by atoms with Crippen LogP contribution in [0.4, 0.5) is 0 Å². The van der Waals surface area contributed by atoms with E-state index in [2.05, 4.69) is 191 Å². The molecule has 7 aromatic carbocycles. The predicted octanol–water partition coefficient (Wildman–Crippen LogP) is 13.1. The van der Waals surface area contributed by atoms with Gasteiger partial charge in [0.2, 0.25) is 0 Å². The van der Waals surface area contributed by atoms with E-state index < -0.39 is 0 Å². The summed E-state index contributed by atoms with van der Waals surface area (Å²) in [5.41, 5.74) is 14.8. The van der Waals surface area contributed by atoms with Crippen LogP contribution in [0.2, 0.25) is 0 Å². The second-order valence-electron chi connectivity index (χ2n) is 13.2. The van der Waals surface area contributed by atoms with Crippen molar-refractivity contribution in [2.75, 3.05) is 0 Å². The monoisotopic (exact) mass is 638 g/mol. The fraction of sp³-hybridized carbons (Fsp3) is 0.0417. The van der Waals surface area contributed by atoms with Crippen LogP contribution in [-0.4, -0.2) is 9.13 Å². The quantitative estimate of drug-likeness (QED) is 0.178. The summed E-state index contributed by atoms with van der Waals surface area (Å²) < 4.78 is 4.94. The minimum Gasteiger partial charge on any atom is -0.313 e. The molecule has 0 saturated carbocycles. The normalized spacial score (nSPS) is 13.1. The molecule has 0 unspecified atom stereocenters. The zero-order valence-electron chi connectivity index (χ0n) is 27.6. The third-order valence-corrected chi connectivity index (χ3v) is 10.4. The highest BCUT2D eigenvalue weighted by Crippen LogP contribution is 2.45. The Hall–Kier alpha value is -6.38. The first-order chi connectivity index (χ1) is 24.8. The average molecular weight is 639 g/mol. The molecule has 50 heavy (non-hydrogen) atoms. The van der Waals surface area contributed by atoms with Crippen molar-refractivity contribution in [2.24, 2.45) is 0 Å². The van der Waals surface area contributed by atoms with E-state index in [1.807, 2.05) is 0 Å². The van der Waals surface area contributed by atoms with E-state index in [4.69, 9.17) is 0 Å². The number of hydrogen-bond acceptors (Lipinski definition) is 0. The van der Waals surface area contributed by atoms with E-state index in [-0.39, 0.29) is 0 Å². The molecule has 10 rings (SSSR count). The Kier molecular flexibility index (Phi) is 6.67. The van der Waals surface area contributed by atoms with Gasteiger partial charge in [-0.15, -0.1) is 0 Å². The summed E-state index contributed by atoms with van der Waals surface area (Å²) in [4.78, 5) is 0. The molecule has 236 valence electrons. The van der Waals surface area contributed by atoms with Crippen LogP contribution in [0, 0.1) is 0 Å². The highest BCUT2D eigenvalue weighted by molar-refractivity contribution is 6.23. The standard InChI is InChI=1S/C48H34N2/c1-5-15-33(16-6-1)35-27-29-43-41(31-35)47-39(23-13-25-45(47)49(43)37-19-9-3-10-20-37)40-24-14-26-46-48(40)42-32-36(34-17-7-2-8-18-34)28-30-44(42)50(46)38-21-11-4-12-22-38/h1-11,13-21,23-32H,12,22H2. The zero-order chi connectivity index (χ0) is 33.0. The number of allylic oxidation sites excluding steroid dienone is 4. The van der Waals surface area contributed by atoms with Crippen molar-refractivity contribution in [3.63, 3.8) is 0 Å². The van der Waals surface area contributed by atoms with Gasteiger partial charge in [0.25, 0.3) is 0 Å². The fourth-order valence-electron chi connectivity index (χ4n) is 8.15. The fourth-order valence-corrected chi connectivity index (χ4v) is 8.15. The Morgan fingerprint density at radius 2 is 0.920 bits per heavy atom. The highest BCUT2D eigenvalue weighted by atomic mass is 15.0. The molecule has 0 bridgehead atoms. The van der Waals surface area contributed by atoms with Crippen LogP contribution in [0.3, 0.4) is 0 Å². The van der Waals surface area contributed by atoms with Gasteiger partial charge in [-0.25, -0.2) is 0 Å². The van der Waals surface area contributed by atoms with Gasteiger partial charge >= 0.3 is 0 Å². The van der Waals surface area contributed by atoms with Crippen LogP contribution in [-0.2, 0) is 0 Å². The molecule has 2 heteroatoms. The first-order valence-electron chi connectivity index (χ1n) is 17.5. The van der Waals surface area contributed by atoms with Crippen LogP contribution >= 0.6 is 0 Å². The Balaban J connectivity index is 1.33. The maximum absolute atomic E-state index is 2.51. The van der Waals surface area contributed by atoms with E-state index in [0.29, 0.717) is 0 Å². The molecule has 0 amide bonds. The van der Waals surface area contributed by atoms with Crippen LogP contribution in [0.1, 0.15) is 12.8 Å². The SMILES string of the molecule is C1=CCCC(n2c3ccc(-c4ccccc4)cc3c3c(-c4cccc5c4c4cc(-c6ccccc6)ccc4n5-c4ccccc4)cccc32)=C1. The predicted molar refractivity (Wildman–Crippen MR) is 213 cm³/mol. The summed E-state index contributed by atoms with van der Waals surface area (Å²) in [6, 6.07) is 60.0. The molecule has 0 aliphatic heterocycles. The number of benzene rings is 7. The Morgan fingerprint density at radius 1 is 0.400 bits per heavy atom. The number of rotatable bonds is 5. The first-order valence-corrected chi connectivity index (χ1v) is 17.5. The van der Waals surface area contributed by atoms with Gasteiger partial charge in [0.1, 0.15) is 0 Å². The number of aromatic nitrogens is 2. The number of hydrogen-bond donors (Lipinski definition) is 0. The van der Waals surface area contributed by atoms with Gasteiger partial charge in [0, 0.05) is 32.9 Å². The lowest BCUT2D eigenvalue weighted by molar-refractivity contribution is 0.979. The van der Waals surface area contributed by atoms with Crippen LogP contribution in [0.25, 0.3) is 88.4 Å². The van der Waals surface area contributed by atoms with Crippen LogP contribution in [0.15, 0.2) is 182 Å². The molecule has 9 aromatic rings. The van der Waals surface area contributed by atoms with Crippen molar-refractivity contribution < 1.29 is 0 Å². The zero-order valence-corrected chi connectivity index (χ0v) is 27.6. The van der Waals surface area contributed by atoms with E-state index in [1.54, 1.807) is 0 Å². The van der Waals surface area contributed by atoms with E-state index in [0.717, 1.165) is 18.5 Å². The Morgan fingerprint density at radius 3 is 1.46 bits per heavy atom. The second kappa shape index (κ2) is 11.6. The van der Waals surface area contributed by atoms with Crippen molar-refractivity contribution >= 4 is 49.3 Å². The van der Waals surface area contributed by atoms with Gasteiger partial charge in [0.05, 0.1) is 22.1 Å². The molecule has 0 fully saturated rings. The molecule has 1 aliphatic carbocycles. The summed E-state index contributed by atoms with van der Waals surface area (Å²) in [6.07, 6.45) is 8.84. The topological polar surface area (TPSA) is 9.86 Å². The van der Waals surface area contributed by atoms with Gasteiger partial charge < -0.3 is 9.13 Å². The maximum atomic E-state index is 2.51. The van der Waals surface area contributed by atoms with E-state index in [1.165, 1.54) is 82.7 Å². The minimum absolute atomic E-state index is 1.02. The van der Waals surface area contributed by atoms with Crippen molar-refractivity contribution in [1.29, 1.82) is 0 Å². The number of para-hydroxylation sites is 1. The Bertz CT molecular complexity index is 2780. The summed E-state index contributed by atoms with van der Waals surface area (Å²) in [7, 11) is 0. The number of fused-ring (bicyclic) bond motifs is 6. The third-order valence-electron chi connectivity index (χ3n) is 10.4. The van der Waals surface area contributed by atoms with Crippen molar-refractivity contribution in [2.45, 2.75) is 12.8 Å². The molecule has 2 aromatic heterocycles. The lowest BCUT2D eigenvalue weighted by atomic mass is 9.94. The third kappa shape index (κ3) is 4.49. The molecule has 0 radical (unpaired) electrons. The van der Waals surface area contributed by atoms with Gasteiger partial charge in [-0.1, -0.05) is 127 Å². The lowest BCUT2D eigenvalue weighted by Crippen LogP contribution is -1.98. The van der Waals surface area contributed by atoms with E-state index in [9.17, 15) is 0 Å². The second-order valence-corrected chi connectivity index (χ2v) is 13.2. The molecule has 1 aliphatic rings. The Labute approximate surface area is 291 Å². The molecule has 0 saturated heterocycles. The van der Waals surface area contributed by atoms with Crippen molar-refractivity contribution in [3.05, 3.63) is 182 Å². The van der Waals surface area contributed by atoms with Gasteiger partial charge in [-0.2, -0.15) is 0 Å². The first kappa shape index (κ1) is 28.6. The average Bonchev–Trinajstić information content (AvgIpc) is 3.71. The van der Waals surface area contributed by atoms with Crippen LogP contribution < -0.4 is 0 Å². The lowest BCUT2D eigenvalue weighted by Gasteiger charge is -2.14. The largest absolute Gasteiger partial charge is 0.313 e. The van der Waals surface area contributed by atoms with Crippen molar-refractivity contribution in [1.82, 2.24) is 9.13 Å². The van der Waals surface area contributed by atoms with Crippen molar-refractivity contribution in [3.8, 4) is 39.1 Å². The smallest absolute Gasteiger partial charge is 0.0547 e. The molecule has 0 atom stereocenters. The van der Waals surface area contributed by atoms with Gasteiger partial charge in [0.15, 0.2) is 0 Å². The van der Waals surface area contributed by atoms with Gasteiger partial charge in [-0.3, -0.25) is 0 Å². The summed E-state index contributed by atoms with van der Waals surface area (Å²) in [5.74, 6) is 0. The molecule has 2 heterocycles. The summed E-state index contributed by atoms with van der Waals surface area (Å²) in [6.45, 7) is 0. The summed E-state index contributed by atoms with van der Waals surface area (Å²) >= 11 is 0. The van der Waals surface area contributed by atoms with E-state index >= 15 is 0 Å². The highest BCUT2D eigenvalue weighted by Gasteiger charge is 2.22. The van der Waals surface area contributed by atoms with Gasteiger partial charge in [-0.05, 0) is 101 Å².